The highest BCUT2D eigenvalue weighted by atomic mass is 32.2. The Balaban J connectivity index is 1.49. The van der Waals surface area contributed by atoms with Crippen molar-refractivity contribution in [3.05, 3.63) is 46.8 Å². The Kier molecular flexibility index (Phi) is 4.73. The van der Waals surface area contributed by atoms with Crippen molar-refractivity contribution < 1.29 is 17.9 Å². The van der Waals surface area contributed by atoms with Gasteiger partial charge >= 0.3 is 0 Å². The smallest absolute Gasteiger partial charge is 0.257 e. The van der Waals surface area contributed by atoms with Gasteiger partial charge in [0.1, 0.15) is 16.1 Å². The van der Waals surface area contributed by atoms with Crippen LogP contribution in [-0.4, -0.2) is 55.8 Å². The molecule has 4 rings (SSSR count). The highest BCUT2D eigenvalue weighted by Gasteiger charge is 2.35. The summed E-state index contributed by atoms with van der Waals surface area (Å²) in [6.45, 7) is 5.45. The lowest BCUT2D eigenvalue weighted by atomic mass is 9.96. The van der Waals surface area contributed by atoms with Crippen molar-refractivity contribution in [1.82, 2.24) is 9.21 Å². The fraction of sp³-hybridized carbons (Fsp3) is 0.421. The zero-order valence-corrected chi connectivity index (χ0v) is 16.9. The average Bonchev–Trinajstić information content (AvgIpc) is 3.31. The number of fused-ring (bicyclic) bond motifs is 1. The second-order valence-corrected chi connectivity index (χ2v) is 10.1. The number of carbonyl (C=O) groups is 1. The van der Waals surface area contributed by atoms with Crippen LogP contribution < -0.4 is 4.74 Å². The standard InChI is InChI=1S/C19H22N2O4S2/c1-13-14(2)25-18-15(13)5-3-6-16(18)19(22)20-8-10-21(11-9-20)27(23,24)17-7-4-12-26-17/h3-7,12-14H,8-11H2,1-2H3/t13-,14+/m1/s1. The number of para-hydroxylation sites is 1. The molecule has 1 amide bonds. The van der Waals surface area contributed by atoms with E-state index in [9.17, 15) is 13.2 Å². The molecular weight excluding hydrogens is 384 g/mol. The van der Waals surface area contributed by atoms with E-state index in [0.29, 0.717) is 41.7 Å². The molecule has 144 valence electrons. The minimum Gasteiger partial charge on any atom is -0.489 e. The number of sulfonamides is 1. The molecule has 2 aromatic rings. The molecule has 6 nitrogen and oxygen atoms in total. The number of benzene rings is 1. The summed E-state index contributed by atoms with van der Waals surface area (Å²) in [6, 6.07) is 9.04. The van der Waals surface area contributed by atoms with Crippen LogP contribution in [0.15, 0.2) is 39.9 Å². The largest absolute Gasteiger partial charge is 0.489 e. The van der Waals surface area contributed by atoms with Crippen molar-refractivity contribution in [3.63, 3.8) is 0 Å². The van der Waals surface area contributed by atoms with E-state index in [0.717, 1.165) is 5.56 Å². The van der Waals surface area contributed by atoms with Gasteiger partial charge in [-0.15, -0.1) is 11.3 Å². The molecule has 0 aliphatic carbocycles. The molecule has 0 saturated carbocycles. The third-order valence-corrected chi connectivity index (χ3v) is 8.66. The highest BCUT2D eigenvalue weighted by molar-refractivity contribution is 7.91. The maximum atomic E-state index is 13.0. The van der Waals surface area contributed by atoms with Crippen LogP contribution in [0.5, 0.6) is 5.75 Å². The van der Waals surface area contributed by atoms with Crippen LogP contribution in [0, 0.1) is 0 Å². The summed E-state index contributed by atoms with van der Waals surface area (Å²) in [5.41, 5.74) is 1.63. The molecule has 1 fully saturated rings. The number of piperazine rings is 1. The van der Waals surface area contributed by atoms with Gasteiger partial charge in [-0.05, 0) is 24.4 Å². The SMILES string of the molecule is C[C@@H]1Oc2c(C(=O)N3CCN(S(=O)(=O)c4cccs4)CC3)cccc2[C@@H]1C. The average molecular weight is 407 g/mol. The van der Waals surface area contributed by atoms with Crippen molar-refractivity contribution in [2.75, 3.05) is 26.2 Å². The number of thiophene rings is 1. The summed E-state index contributed by atoms with van der Waals surface area (Å²) >= 11 is 1.21. The van der Waals surface area contributed by atoms with Gasteiger partial charge in [0, 0.05) is 37.7 Å². The van der Waals surface area contributed by atoms with E-state index in [1.54, 1.807) is 28.5 Å². The van der Waals surface area contributed by atoms with E-state index in [4.69, 9.17) is 4.74 Å². The van der Waals surface area contributed by atoms with Crippen molar-refractivity contribution >= 4 is 27.3 Å². The minimum absolute atomic E-state index is 0.0433. The zero-order valence-electron chi connectivity index (χ0n) is 15.3. The molecule has 0 N–H and O–H groups in total. The monoisotopic (exact) mass is 406 g/mol. The second-order valence-electron chi connectivity index (χ2n) is 6.96. The maximum absolute atomic E-state index is 13.0. The molecule has 2 aliphatic rings. The highest BCUT2D eigenvalue weighted by Crippen LogP contribution is 2.40. The minimum atomic E-state index is -3.47. The number of carbonyl (C=O) groups excluding carboxylic acids is 1. The van der Waals surface area contributed by atoms with Crippen molar-refractivity contribution in [2.45, 2.75) is 30.1 Å². The predicted molar refractivity (Wildman–Crippen MR) is 104 cm³/mol. The summed E-state index contributed by atoms with van der Waals surface area (Å²) in [5, 5.41) is 1.75. The van der Waals surface area contributed by atoms with Gasteiger partial charge in [0.15, 0.2) is 0 Å². The predicted octanol–water partition coefficient (Wildman–Crippen LogP) is 2.78. The van der Waals surface area contributed by atoms with E-state index < -0.39 is 10.0 Å². The Bertz CT molecular complexity index is 948. The van der Waals surface area contributed by atoms with Crippen molar-refractivity contribution in [3.8, 4) is 5.75 Å². The number of hydrogen-bond acceptors (Lipinski definition) is 5. The van der Waals surface area contributed by atoms with Gasteiger partial charge in [-0.2, -0.15) is 4.31 Å². The van der Waals surface area contributed by atoms with Gasteiger partial charge < -0.3 is 9.64 Å². The van der Waals surface area contributed by atoms with Crippen LogP contribution in [0.1, 0.15) is 35.7 Å². The molecule has 8 heteroatoms. The molecule has 1 saturated heterocycles. The summed E-state index contributed by atoms with van der Waals surface area (Å²) in [7, 11) is -3.47. The fourth-order valence-electron chi connectivity index (χ4n) is 3.59. The van der Waals surface area contributed by atoms with Gasteiger partial charge in [0.2, 0.25) is 0 Å². The Labute approximate surface area is 163 Å². The summed E-state index contributed by atoms with van der Waals surface area (Å²) in [6.07, 6.45) is 0.0433. The number of rotatable bonds is 3. The van der Waals surface area contributed by atoms with Crippen LogP contribution in [0.2, 0.25) is 0 Å². The van der Waals surface area contributed by atoms with Crippen molar-refractivity contribution in [2.24, 2.45) is 0 Å². The Morgan fingerprint density at radius 1 is 1.11 bits per heavy atom. The van der Waals surface area contributed by atoms with Gasteiger partial charge in [-0.3, -0.25) is 4.79 Å². The number of ether oxygens (including phenoxy) is 1. The summed E-state index contributed by atoms with van der Waals surface area (Å²) in [5.74, 6) is 0.831. The first-order valence-corrected chi connectivity index (χ1v) is 11.3. The normalized spacial score (nSPS) is 23.1. The van der Waals surface area contributed by atoms with E-state index in [2.05, 4.69) is 6.92 Å². The topological polar surface area (TPSA) is 66.9 Å². The Morgan fingerprint density at radius 3 is 2.52 bits per heavy atom. The van der Waals surface area contributed by atoms with Crippen molar-refractivity contribution in [1.29, 1.82) is 0 Å². The third kappa shape index (κ3) is 3.15. The van der Waals surface area contributed by atoms with Crippen LogP contribution in [0.3, 0.4) is 0 Å². The molecule has 3 heterocycles. The lowest BCUT2D eigenvalue weighted by Gasteiger charge is -2.34. The Hall–Kier alpha value is -1.90. The lowest BCUT2D eigenvalue weighted by molar-refractivity contribution is 0.0693. The molecule has 0 bridgehead atoms. The van der Waals surface area contributed by atoms with Crippen LogP contribution in [-0.2, 0) is 10.0 Å². The first-order chi connectivity index (χ1) is 12.9. The molecule has 0 unspecified atom stereocenters. The lowest BCUT2D eigenvalue weighted by Crippen LogP contribution is -2.50. The second kappa shape index (κ2) is 6.92. The number of hydrogen-bond donors (Lipinski definition) is 0. The van der Waals surface area contributed by atoms with Crippen LogP contribution in [0.4, 0.5) is 0 Å². The maximum Gasteiger partial charge on any atom is 0.257 e. The quantitative estimate of drug-likeness (QED) is 0.786. The molecule has 27 heavy (non-hydrogen) atoms. The van der Waals surface area contributed by atoms with Crippen LogP contribution >= 0.6 is 11.3 Å². The summed E-state index contributed by atoms with van der Waals surface area (Å²) < 4.78 is 33.0. The van der Waals surface area contributed by atoms with Crippen LogP contribution in [0.25, 0.3) is 0 Å². The third-order valence-electron chi connectivity index (χ3n) is 5.39. The molecule has 2 aliphatic heterocycles. The molecule has 0 radical (unpaired) electrons. The fourth-order valence-corrected chi connectivity index (χ4v) is 6.16. The van der Waals surface area contributed by atoms with Gasteiger partial charge in [0.05, 0.1) is 5.56 Å². The molecule has 1 aromatic heterocycles. The number of nitrogens with zero attached hydrogens (tertiary/aromatic N) is 2. The van der Waals surface area contributed by atoms with Gasteiger partial charge in [0.25, 0.3) is 15.9 Å². The Morgan fingerprint density at radius 2 is 1.85 bits per heavy atom. The molecular formula is C19H22N2O4S2. The number of amides is 1. The van der Waals surface area contributed by atoms with E-state index >= 15 is 0 Å². The first-order valence-electron chi connectivity index (χ1n) is 9.02. The molecule has 1 aromatic carbocycles. The zero-order chi connectivity index (χ0) is 19.2. The summed E-state index contributed by atoms with van der Waals surface area (Å²) in [4.78, 5) is 14.8. The van der Waals surface area contributed by atoms with E-state index in [-0.39, 0.29) is 17.9 Å². The molecule has 0 spiro atoms. The molecule has 2 atom stereocenters. The van der Waals surface area contributed by atoms with E-state index in [1.807, 2.05) is 19.1 Å². The van der Waals surface area contributed by atoms with Gasteiger partial charge in [-0.25, -0.2) is 8.42 Å². The van der Waals surface area contributed by atoms with E-state index in [1.165, 1.54) is 15.6 Å². The first kappa shape index (κ1) is 18.5. The van der Waals surface area contributed by atoms with Gasteiger partial charge in [-0.1, -0.05) is 25.1 Å².